The number of ether oxygens (including phenoxy) is 1. The van der Waals surface area contributed by atoms with Crippen molar-refractivity contribution in [1.82, 2.24) is 4.57 Å². The predicted molar refractivity (Wildman–Crippen MR) is 115 cm³/mol. The first-order valence-corrected chi connectivity index (χ1v) is 10.2. The number of carbonyl (C=O) groups excluding carboxylic acids is 2. The number of rotatable bonds is 4. The maximum Gasteiger partial charge on any atom is 0.326 e. The average Bonchev–Trinajstić information content (AvgIpc) is 3.11. The van der Waals surface area contributed by atoms with Gasteiger partial charge in [0.1, 0.15) is 6.54 Å². The summed E-state index contributed by atoms with van der Waals surface area (Å²) in [6, 6.07) is 20.2. The normalized spacial score (nSPS) is 11.5. The fourth-order valence-corrected chi connectivity index (χ4v) is 4.37. The molecular formula is C23H17N3O3S. The van der Waals surface area contributed by atoms with Gasteiger partial charge in [0.2, 0.25) is 0 Å². The van der Waals surface area contributed by atoms with E-state index in [9.17, 15) is 9.59 Å². The van der Waals surface area contributed by atoms with Crippen LogP contribution in [0, 0.1) is 11.3 Å². The Morgan fingerprint density at radius 1 is 1.10 bits per heavy atom. The van der Waals surface area contributed by atoms with Gasteiger partial charge >= 0.3 is 5.97 Å². The van der Waals surface area contributed by atoms with Gasteiger partial charge in [0.25, 0.3) is 5.91 Å². The van der Waals surface area contributed by atoms with Crippen molar-refractivity contribution in [3.63, 3.8) is 0 Å². The van der Waals surface area contributed by atoms with Crippen molar-refractivity contribution in [2.24, 2.45) is 4.99 Å². The van der Waals surface area contributed by atoms with Gasteiger partial charge in [0.05, 0.1) is 28.5 Å². The molecule has 148 valence electrons. The number of nitriles is 1. The number of amides is 1. The molecule has 0 aliphatic rings. The molecule has 0 N–H and O–H groups in total. The lowest BCUT2D eigenvalue weighted by molar-refractivity contribution is -0.143. The first-order chi connectivity index (χ1) is 14.6. The Balaban J connectivity index is 1.88. The molecule has 30 heavy (non-hydrogen) atoms. The molecule has 0 atom stereocenters. The van der Waals surface area contributed by atoms with Gasteiger partial charge in [0.15, 0.2) is 4.80 Å². The maximum absolute atomic E-state index is 12.7. The van der Waals surface area contributed by atoms with E-state index in [4.69, 9.17) is 10.00 Å². The molecule has 0 aliphatic carbocycles. The van der Waals surface area contributed by atoms with Crippen LogP contribution in [0.1, 0.15) is 22.8 Å². The van der Waals surface area contributed by atoms with Crippen LogP contribution in [0.25, 0.3) is 21.0 Å². The van der Waals surface area contributed by atoms with E-state index in [1.54, 1.807) is 35.8 Å². The molecule has 0 bridgehead atoms. The third-order valence-electron chi connectivity index (χ3n) is 4.62. The van der Waals surface area contributed by atoms with E-state index in [2.05, 4.69) is 4.99 Å². The minimum atomic E-state index is -0.437. The van der Waals surface area contributed by atoms with Crippen LogP contribution in [0.4, 0.5) is 0 Å². The number of fused-ring (bicyclic) bond motifs is 3. The van der Waals surface area contributed by atoms with Gasteiger partial charge in [-0.05, 0) is 42.6 Å². The Morgan fingerprint density at radius 3 is 2.60 bits per heavy atom. The first-order valence-electron chi connectivity index (χ1n) is 9.36. The number of thiazole rings is 1. The van der Waals surface area contributed by atoms with Gasteiger partial charge < -0.3 is 9.30 Å². The molecule has 1 heterocycles. The van der Waals surface area contributed by atoms with Gasteiger partial charge in [-0.2, -0.15) is 10.3 Å². The van der Waals surface area contributed by atoms with Crippen LogP contribution in [-0.2, 0) is 16.1 Å². The van der Waals surface area contributed by atoms with Gasteiger partial charge in [-0.1, -0.05) is 41.7 Å². The summed E-state index contributed by atoms with van der Waals surface area (Å²) in [6.45, 7) is 1.99. The smallest absolute Gasteiger partial charge is 0.326 e. The highest BCUT2D eigenvalue weighted by molar-refractivity contribution is 7.17. The molecule has 0 aliphatic heterocycles. The highest BCUT2D eigenvalue weighted by atomic mass is 32.1. The van der Waals surface area contributed by atoms with Crippen molar-refractivity contribution < 1.29 is 14.3 Å². The van der Waals surface area contributed by atoms with E-state index in [0.29, 0.717) is 15.9 Å². The zero-order valence-electron chi connectivity index (χ0n) is 16.2. The minimum absolute atomic E-state index is 0.0360. The number of hydrogen-bond acceptors (Lipinski definition) is 5. The molecule has 1 aromatic heterocycles. The molecule has 0 saturated carbocycles. The Morgan fingerprint density at radius 2 is 1.87 bits per heavy atom. The lowest BCUT2D eigenvalue weighted by Gasteiger charge is -2.06. The lowest BCUT2D eigenvalue weighted by atomic mass is 10.1. The molecule has 1 amide bonds. The van der Waals surface area contributed by atoms with Gasteiger partial charge in [0, 0.05) is 10.9 Å². The number of carbonyl (C=O) groups is 2. The van der Waals surface area contributed by atoms with Crippen molar-refractivity contribution in [2.45, 2.75) is 13.5 Å². The summed E-state index contributed by atoms with van der Waals surface area (Å²) in [5.41, 5.74) is 1.66. The van der Waals surface area contributed by atoms with Crippen molar-refractivity contribution in [3.05, 3.63) is 76.6 Å². The number of nitrogens with zero attached hydrogens (tertiary/aromatic N) is 3. The second-order valence-corrected chi connectivity index (χ2v) is 7.49. The standard InChI is InChI=1S/C23H17N3O3S/c1-2-29-20(27)14-26-19-12-11-16-5-3-4-6-18(16)21(19)30-23(26)25-22(28)17-9-7-15(13-24)8-10-17/h3-12H,2,14H2,1H3. The highest BCUT2D eigenvalue weighted by Gasteiger charge is 2.14. The fourth-order valence-electron chi connectivity index (χ4n) is 3.21. The minimum Gasteiger partial charge on any atom is -0.465 e. The Bertz CT molecular complexity index is 1380. The highest BCUT2D eigenvalue weighted by Crippen LogP contribution is 2.27. The second-order valence-electron chi connectivity index (χ2n) is 6.52. The van der Waals surface area contributed by atoms with Crippen molar-refractivity contribution in [1.29, 1.82) is 5.26 Å². The molecule has 0 saturated heterocycles. The van der Waals surface area contributed by atoms with Crippen LogP contribution < -0.4 is 4.80 Å². The van der Waals surface area contributed by atoms with Crippen LogP contribution in [-0.4, -0.2) is 23.1 Å². The fraction of sp³-hybridized carbons (Fsp3) is 0.130. The van der Waals surface area contributed by atoms with E-state index in [1.165, 1.54) is 11.3 Å². The van der Waals surface area contributed by atoms with Crippen molar-refractivity contribution in [2.75, 3.05) is 6.61 Å². The maximum atomic E-state index is 12.7. The van der Waals surface area contributed by atoms with Crippen molar-refractivity contribution >= 4 is 44.2 Å². The summed E-state index contributed by atoms with van der Waals surface area (Å²) in [7, 11) is 0. The van der Waals surface area contributed by atoms with Crippen LogP contribution in [0.2, 0.25) is 0 Å². The third-order valence-corrected chi connectivity index (χ3v) is 5.75. The second kappa shape index (κ2) is 8.31. The van der Waals surface area contributed by atoms with E-state index in [-0.39, 0.29) is 13.2 Å². The molecule has 6 nitrogen and oxygen atoms in total. The molecular weight excluding hydrogens is 398 g/mol. The lowest BCUT2D eigenvalue weighted by Crippen LogP contribution is -2.23. The largest absolute Gasteiger partial charge is 0.465 e. The topological polar surface area (TPSA) is 84.5 Å². The number of hydrogen-bond donors (Lipinski definition) is 0. The van der Waals surface area contributed by atoms with E-state index in [0.717, 1.165) is 21.0 Å². The Hall–Kier alpha value is -3.76. The van der Waals surface area contributed by atoms with Gasteiger partial charge in [-0.3, -0.25) is 9.59 Å². The molecule has 4 rings (SSSR count). The number of aromatic nitrogens is 1. The average molecular weight is 415 g/mol. The zero-order chi connectivity index (χ0) is 21.1. The molecule has 4 aromatic rings. The molecule has 0 unspecified atom stereocenters. The summed E-state index contributed by atoms with van der Waals surface area (Å²) in [6.07, 6.45) is 0. The van der Waals surface area contributed by atoms with Gasteiger partial charge in [-0.15, -0.1) is 0 Å². The monoisotopic (exact) mass is 415 g/mol. The van der Waals surface area contributed by atoms with E-state index < -0.39 is 11.9 Å². The molecule has 3 aromatic carbocycles. The van der Waals surface area contributed by atoms with Gasteiger partial charge in [-0.25, -0.2) is 0 Å². The zero-order valence-corrected chi connectivity index (χ0v) is 17.0. The number of esters is 1. The molecule has 0 spiro atoms. The quantitative estimate of drug-likeness (QED) is 0.471. The van der Waals surface area contributed by atoms with Crippen LogP contribution in [0.3, 0.4) is 0 Å². The van der Waals surface area contributed by atoms with E-state index in [1.807, 2.05) is 42.5 Å². The summed E-state index contributed by atoms with van der Waals surface area (Å²) in [5.74, 6) is -0.828. The Kier molecular flexibility index (Phi) is 5.42. The number of benzene rings is 3. The summed E-state index contributed by atoms with van der Waals surface area (Å²) in [4.78, 5) is 29.7. The predicted octanol–water partition coefficient (Wildman–Crippen LogP) is 4.03. The first kappa shape index (κ1) is 19.6. The molecule has 0 radical (unpaired) electrons. The van der Waals surface area contributed by atoms with Crippen LogP contribution in [0.5, 0.6) is 0 Å². The summed E-state index contributed by atoms with van der Waals surface area (Å²) >= 11 is 1.36. The molecule has 7 heteroatoms. The third kappa shape index (κ3) is 3.73. The van der Waals surface area contributed by atoms with E-state index >= 15 is 0 Å². The van der Waals surface area contributed by atoms with Crippen LogP contribution in [0.15, 0.2) is 65.7 Å². The Labute approximate surface area is 176 Å². The van der Waals surface area contributed by atoms with Crippen molar-refractivity contribution in [3.8, 4) is 6.07 Å². The summed E-state index contributed by atoms with van der Waals surface area (Å²) < 4.78 is 7.77. The van der Waals surface area contributed by atoms with Crippen LogP contribution >= 0.6 is 11.3 Å². The molecule has 0 fully saturated rings. The SMILES string of the molecule is CCOC(=O)Cn1c(=NC(=O)c2ccc(C#N)cc2)sc2c3ccccc3ccc21. The summed E-state index contributed by atoms with van der Waals surface area (Å²) in [5, 5.41) is 11.0.